The molecule has 92 valence electrons. The molecule has 0 aliphatic carbocycles. The Hall–Kier alpha value is -1.46. The van der Waals surface area contributed by atoms with E-state index in [9.17, 15) is 9.59 Å². The summed E-state index contributed by atoms with van der Waals surface area (Å²) in [6, 6.07) is 0. The summed E-state index contributed by atoms with van der Waals surface area (Å²) < 4.78 is 14.3. The molecule has 1 saturated heterocycles. The Balaban J connectivity index is 2.25. The van der Waals surface area contributed by atoms with Crippen LogP contribution in [0.15, 0.2) is 0 Å². The van der Waals surface area contributed by atoms with E-state index in [0.29, 0.717) is 13.1 Å². The number of carbonyl (C=O) groups is 2. The van der Waals surface area contributed by atoms with Crippen LogP contribution in [0.1, 0.15) is 20.8 Å². The predicted octanol–water partition coefficient (Wildman–Crippen LogP) is 1.39. The maximum absolute atomic E-state index is 11.5. The summed E-state index contributed by atoms with van der Waals surface area (Å²) in [7, 11) is 1.24. The lowest BCUT2D eigenvalue weighted by atomic mass is 10.2. The Labute approximate surface area is 94.4 Å². The maximum atomic E-state index is 11.5. The molecule has 0 saturated carbocycles. The van der Waals surface area contributed by atoms with Crippen molar-refractivity contribution in [3.05, 3.63) is 0 Å². The molecule has 6 heteroatoms. The molecule has 0 spiro atoms. The van der Waals surface area contributed by atoms with Crippen LogP contribution >= 0.6 is 0 Å². The van der Waals surface area contributed by atoms with Crippen LogP contribution in [-0.4, -0.2) is 49.1 Å². The topological polar surface area (TPSA) is 65.1 Å². The number of hydrogen-bond donors (Lipinski definition) is 0. The molecule has 0 aromatic rings. The van der Waals surface area contributed by atoms with Crippen LogP contribution in [0.4, 0.5) is 9.59 Å². The van der Waals surface area contributed by atoms with Gasteiger partial charge in [0.2, 0.25) is 0 Å². The first-order valence-electron chi connectivity index (χ1n) is 5.04. The second kappa shape index (κ2) is 4.59. The molecular formula is C10H17NO5. The average molecular weight is 231 g/mol. The zero-order valence-corrected chi connectivity index (χ0v) is 9.98. The van der Waals surface area contributed by atoms with Gasteiger partial charge in [0, 0.05) is 0 Å². The van der Waals surface area contributed by atoms with Crippen molar-refractivity contribution >= 4 is 12.2 Å². The molecule has 0 N–H and O–H groups in total. The molecule has 0 radical (unpaired) electrons. The zero-order chi connectivity index (χ0) is 12.3. The van der Waals surface area contributed by atoms with Crippen LogP contribution in [0.5, 0.6) is 0 Å². The largest absolute Gasteiger partial charge is 0.508 e. The lowest BCUT2D eigenvalue weighted by molar-refractivity contribution is -0.0513. The van der Waals surface area contributed by atoms with Gasteiger partial charge in [-0.2, -0.15) is 0 Å². The quantitative estimate of drug-likeness (QED) is 0.638. The molecule has 0 bridgehead atoms. The third-order valence-corrected chi connectivity index (χ3v) is 1.93. The molecule has 1 aliphatic rings. The second-order valence-corrected chi connectivity index (χ2v) is 4.58. The van der Waals surface area contributed by atoms with E-state index in [4.69, 9.17) is 9.47 Å². The Morgan fingerprint density at radius 2 is 1.81 bits per heavy atom. The molecule has 1 aliphatic heterocycles. The van der Waals surface area contributed by atoms with Gasteiger partial charge in [0.15, 0.2) is 0 Å². The van der Waals surface area contributed by atoms with Gasteiger partial charge in [-0.25, -0.2) is 9.59 Å². The highest BCUT2D eigenvalue weighted by molar-refractivity contribution is 5.69. The molecular weight excluding hydrogens is 214 g/mol. The Morgan fingerprint density at radius 1 is 1.25 bits per heavy atom. The van der Waals surface area contributed by atoms with Crippen molar-refractivity contribution in [2.45, 2.75) is 32.5 Å². The Kier molecular flexibility index (Phi) is 3.62. The minimum atomic E-state index is -0.728. The van der Waals surface area contributed by atoms with Crippen molar-refractivity contribution in [2.75, 3.05) is 20.2 Å². The molecule has 1 amide bonds. The van der Waals surface area contributed by atoms with Crippen molar-refractivity contribution in [2.24, 2.45) is 0 Å². The van der Waals surface area contributed by atoms with Gasteiger partial charge in [-0.05, 0) is 20.8 Å². The summed E-state index contributed by atoms with van der Waals surface area (Å²) in [5, 5.41) is 0. The first-order valence-corrected chi connectivity index (χ1v) is 5.04. The summed E-state index contributed by atoms with van der Waals surface area (Å²) in [5.41, 5.74) is -0.509. The fourth-order valence-corrected chi connectivity index (χ4v) is 1.17. The number of carbonyl (C=O) groups excluding carboxylic acids is 2. The van der Waals surface area contributed by atoms with E-state index in [0.717, 1.165) is 0 Å². The SMILES string of the molecule is COC(=O)OC1CN(C(=O)OC(C)(C)C)C1. The molecule has 0 atom stereocenters. The van der Waals surface area contributed by atoms with E-state index in [2.05, 4.69) is 4.74 Å². The third kappa shape index (κ3) is 3.60. The fourth-order valence-electron chi connectivity index (χ4n) is 1.17. The number of amides is 1. The van der Waals surface area contributed by atoms with E-state index in [-0.39, 0.29) is 6.10 Å². The van der Waals surface area contributed by atoms with E-state index in [1.807, 2.05) is 0 Å². The highest BCUT2D eigenvalue weighted by Gasteiger charge is 2.36. The van der Waals surface area contributed by atoms with Crippen LogP contribution in [-0.2, 0) is 14.2 Å². The van der Waals surface area contributed by atoms with Crippen molar-refractivity contribution in [1.29, 1.82) is 0 Å². The molecule has 1 heterocycles. The van der Waals surface area contributed by atoms with E-state index in [1.165, 1.54) is 12.0 Å². The lowest BCUT2D eigenvalue weighted by Gasteiger charge is -2.38. The normalized spacial score (nSPS) is 16.4. The molecule has 0 unspecified atom stereocenters. The number of hydrogen-bond acceptors (Lipinski definition) is 5. The molecule has 6 nitrogen and oxygen atoms in total. The van der Waals surface area contributed by atoms with Gasteiger partial charge >= 0.3 is 12.2 Å². The highest BCUT2D eigenvalue weighted by Crippen LogP contribution is 2.17. The molecule has 0 aromatic heterocycles. The average Bonchev–Trinajstić information content (AvgIpc) is 2.06. The Morgan fingerprint density at radius 3 is 2.25 bits per heavy atom. The summed E-state index contributed by atoms with van der Waals surface area (Å²) in [6.45, 7) is 6.10. The number of likely N-dealkylation sites (tertiary alicyclic amines) is 1. The molecule has 1 rings (SSSR count). The maximum Gasteiger partial charge on any atom is 0.508 e. The van der Waals surface area contributed by atoms with Crippen LogP contribution in [0, 0.1) is 0 Å². The van der Waals surface area contributed by atoms with Crippen LogP contribution in [0.25, 0.3) is 0 Å². The zero-order valence-electron chi connectivity index (χ0n) is 9.98. The van der Waals surface area contributed by atoms with E-state index < -0.39 is 17.8 Å². The molecule has 0 aromatic carbocycles. The predicted molar refractivity (Wildman–Crippen MR) is 55.1 cm³/mol. The van der Waals surface area contributed by atoms with Crippen molar-refractivity contribution in [3.63, 3.8) is 0 Å². The van der Waals surface area contributed by atoms with E-state index in [1.54, 1.807) is 20.8 Å². The standard InChI is InChI=1S/C10H17NO5/c1-10(2,3)16-8(12)11-5-7(6-11)15-9(13)14-4/h7H,5-6H2,1-4H3. The van der Waals surface area contributed by atoms with Gasteiger partial charge in [0.25, 0.3) is 0 Å². The van der Waals surface area contributed by atoms with Gasteiger partial charge < -0.3 is 19.1 Å². The highest BCUT2D eigenvalue weighted by atomic mass is 16.7. The Bertz CT molecular complexity index is 277. The number of rotatable bonds is 1. The number of ether oxygens (including phenoxy) is 3. The van der Waals surface area contributed by atoms with E-state index >= 15 is 0 Å². The minimum absolute atomic E-state index is 0.292. The van der Waals surface area contributed by atoms with Crippen molar-refractivity contribution in [1.82, 2.24) is 4.90 Å². The number of nitrogens with zero attached hydrogens (tertiary/aromatic N) is 1. The fraction of sp³-hybridized carbons (Fsp3) is 0.800. The van der Waals surface area contributed by atoms with Crippen LogP contribution in [0.3, 0.4) is 0 Å². The van der Waals surface area contributed by atoms with Gasteiger partial charge in [-0.15, -0.1) is 0 Å². The van der Waals surface area contributed by atoms with Crippen molar-refractivity contribution in [3.8, 4) is 0 Å². The second-order valence-electron chi connectivity index (χ2n) is 4.58. The third-order valence-electron chi connectivity index (χ3n) is 1.93. The van der Waals surface area contributed by atoms with Gasteiger partial charge in [-0.1, -0.05) is 0 Å². The van der Waals surface area contributed by atoms with Crippen LogP contribution < -0.4 is 0 Å². The number of methoxy groups -OCH3 is 1. The van der Waals surface area contributed by atoms with Gasteiger partial charge in [-0.3, -0.25) is 0 Å². The monoisotopic (exact) mass is 231 g/mol. The van der Waals surface area contributed by atoms with Gasteiger partial charge in [0.1, 0.15) is 11.7 Å². The smallest absolute Gasteiger partial charge is 0.444 e. The summed E-state index contributed by atoms with van der Waals surface area (Å²) in [6.07, 6.45) is -1.41. The summed E-state index contributed by atoms with van der Waals surface area (Å²) in [5.74, 6) is 0. The summed E-state index contributed by atoms with van der Waals surface area (Å²) >= 11 is 0. The minimum Gasteiger partial charge on any atom is -0.444 e. The summed E-state index contributed by atoms with van der Waals surface area (Å²) in [4.78, 5) is 23.7. The van der Waals surface area contributed by atoms with Crippen molar-refractivity contribution < 1.29 is 23.8 Å². The molecule has 1 fully saturated rings. The molecule has 16 heavy (non-hydrogen) atoms. The first-order chi connectivity index (χ1) is 7.31. The van der Waals surface area contributed by atoms with Gasteiger partial charge in [0.05, 0.1) is 20.2 Å². The lowest BCUT2D eigenvalue weighted by Crippen LogP contribution is -2.56. The first kappa shape index (κ1) is 12.6. The van der Waals surface area contributed by atoms with Crippen LogP contribution in [0.2, 0.25) is 0 Å².